The molecule has 1 aliphatic heterocycles. The quantitative estimate of drug-likeness (QED) is 0.840. The molecule has 0 aromatic carbocycles. The van der Waals surface area contributed by atoms with E-state index in [0.29, 0.717) is 19.7 Å². The van der Waals surface area contributed by atoms with Gasteiger partial charge < -0.3 is 15.0 Å². The summed E-state index contributed by atoms with van der Waals surface area (Å²) in [6.45, 7) is 5.93. The molecule has 1 atom stereocenters. The van der Waals surface area contributed by atoms with Gasteiger partial charge in [0.1, 0.15) is 0 Å². The number of rotatable bonds is 4. The monoisotopic (exact) mass is 318 g/mol. The lowest BCUT2D eigenvalue weighted by molar-refractivity contribution is 0.0126. The number of nitrogens with one attached hydrogen (secondary N) is 1. The predicted molar refractivity (Wildman–Crippen MR) is 81.0 cm³/mol. The van der Waals surface area contributed by atoms with Crippen LogP contribution < -0.4 is 5.32 Å². The van der Waals surface area contributed by atoms with Gasteiger partial charge in [-0.1, -0.05) is 13.3 Å². The first-order valence-electron chi connectivity index (χ1n) is 7.69. The Morgan fingerprint density at radius 1 is 1.43 bits per heavy atom. The Kier molecular flexibility index (Phi) is 5.14. The second-order valence-electron chi connectivity index (χ2n) is 6.38. The molecule has 7 heteroatoms. The average Bonchev–Trinajstić information content (AvgIpc) is 2.60. The van der Waals surface area contributed by atoms with Gasteiger partial charge in [0, 0.05) is 30.3 Å². The lowest BCUT2D eigenvalue weighted by atomic mass is 9.69. The molecule has 2 aliphatic rings. The molecule has 1 N–H and O–H groups in total. The van der Waals surface area contributed by atoms with Crippen LogP contribution in [-0.4, -0.2) is 63.2 Å². The van der Waals surface area contributed by atoms with Gasteiger partial charge in [-0.05, 0) is 19.8 Å². The van der Waals surface area contributed by atoms with Crippen molar-refractivity contribution in [2.24, 2.45) is 5.41 Å². The van der Waals surface area contributed by atoms with Crippen molar-refractivity contribution in [1.82, 2.24) is 10.2 Å². The van der Waals surface area contributed by atoms with E-state index in [9.17, 15) is 13.2 Å². The summed E-state index contributed by atoms with van der Waals surface area (Å²) in [5, 5.41) is 2.81. The summed E-state index contributed by atoms with van der Waals surface area (Å²) in [5.74, 6) is 0.0958. The number of hydrogen-bond donors (Lipinski definition) is 1. The number of carbonyl (C=O) groups is 1. The zero-order chi connectivity index (χ0) is 15.5. The Morgan fingerprint density at radius 2 is 2.14 bits per heavy atom. The van der Waals surface area contributed by atoms with Crippen LogP contribution in [0, 0.1) is 5.41 Å². The predicted octanol–water partition coefficient (Wildman–Crippen LogP) is 1.02. The van der Waals surface area contributed by atoms with E-state index < -0.39 is 9.84 Å². The summed E-state index contributed by atoms with van der Waals surface area (Å²) >= 11 is 0. The standard InChI is InChI=1S/C14H26N2O4S/c1-3-21(18,19)9-12(2)15-13(17)16-7-8-20-11-14(10-16)5-4-6-14/h12H,3-11H2,1-2H3,(H,15,17)/t12-/m1/s1. The molecule has 0 bridgehead atoms. The van der Waals surface area contributed by atoms with E-state index in [1.165, 1.54) is 6.42 Å². The number of urea groups is 1. The second kappa shape index (κ2) is 6.52. The average molecular weight is 318 g/mol. The number of ether oxygens (including phenoxy) is 1. The van der Waals surface area contributed by atoms with Crippen LogP contribution in [0.25, 0.3) is 0 Å². The molecule has 122 valence electrons. The van der Waals surface area contributed by atoms with Crippen molar-refractivity contribution in [1.29, 1.82) is 0 Å². The first-order valence-corrected chi connectivity index (χ1v) is 9.52. The van der Waals surface area contributed by atoms with Gasteiger partial charge in [-0.3, -0.25) is 0 Å². The van der Waals surface area contributed by atoms with Crippen molar-refractivity contribution in [3.05, 3.63) is 0 Å². The highest BCUT2D eigenvalue weighted by Crippen LogP contribution is 2.42. The largest absolute Gasteiger partial charge is 0.379 e. The molecule has 0 unspecified atom stereocenters. The number of amides is 2. The summed E-state index contributed by atoms with van der Waals surface area (Å²) in [7, 11) is -3.08. The molecule has 1 heterocycles. The van der Waals surface area contributed by atoms with Gasteiger partial charge in [0.25, 0.3) is 0 Å². The topological polar surface area (TPSA) is 75.7 Å². The molecule has 2 rings (SSSR count). The molecule has 6 nitrogen and oxygen atoms in total. The number of sulfone groups is 1. The third-order valence-electron chi connectivity index (χ3n) is 4.46. The lowest BCUT2D eigenvalue weighted by Crippen LogP contribution is -2.51. The summed E-state index contributed by atoms with van der Waals surface area (Å²) in [4.78, 5) is 14.1. The van der Waals surface area contributed by atoms with E-state index in [0.717, 1.165) is 19.4 Å². The minimum Gasteiger partial charge on any atom is -0.379 e. The Hall–Kier alpha value is -0.820. The third-order valence-corrected chi connectivity index (χ3v) is 6.34. The first-order chi connectivity index (χ1) is 9.86. The van der Waals surface area contributed by atoms with Gasteiger partial charge in [-0.2, -0.15) is 0 Å². The molecular formula is C14H26N2O4S. The maximum absolute atomic E-state index is 12.3. The maximum atomic E-state index is 12.3. The van der Waals surface area contributed by atoms with Crippen molar-refractivity contribution >= 4 is 15.9 Å². The van der Waals surface area contributed by atoms with Gasteiger partial charge >= 0.3 is 6.03 Å². The van der Waals surface area contributed by atoms with Crippen molar-refractivity contribution < 1.29 is 17.9 Å². The fourth-order valence-corrected chi connectivity index (χ4v) is 4.07. The van der Waals surface area contributed by atoms with Gasteiger partial charge in [-0.15, -0.1) is 0 Å². The lowest BCUT2D eigenvalue weighted by Gasteiger charge is -2.42. The number of carbonyl (C=O) groups excluding carboxylic acids is 1. The van der Waals surface area contributed by atoms with Gasteiger partial charge in [0.2, 0.25) is 0 Å². The minimum absolute atomic E-state index is 0.00920. The molecule has 21 heavy (non-hydrogen) atoms. The first kappa shape index (κ1) is 16.5. The maximum Gasteiger partial charge on any atom is 0.317 e. The van der Waals surface area contributed by atoms with E-state index in [1.807, 2.05) is 0 Å². The molecule has 1 saturated carbocycles. The van der Waals surface area contributed by atoms with Crippen molar-refractivity contribution in [2.45, 2.75) is 39.2 Å². The van der Waals surface area contributed by atoms with Crippen LogP contribution in [0.4, 0.5) is 4.79 Å². The molecule has 0 radical (unpaired) electrons. The van der Waals surface area contributed by atoms with Crippen molar-refractivity contribution in [2.75, 3.05) is 37.8 Å². The van der Waals surface area contributed by atoms with E-state index in [1.54, 1.807) is 18.7 Å². The Bertz CT molecular complexity index is 473. The van der Waals surface area contributed by atoms with E-state index in [4.69, 9.17) is 4.74 Å². The molecule has 1 spiro atoms. The van der Waals surface area contributed by atoms with Crippen molar-refractivity contribution in [3.8, 4) is 0 Å². The van der Waals surface area contributed by atoms with Crippen LogP contribution in [0.3, 0.4) is 0 Å². The van der Waals surface area contributed by atoms with Crippen LogP contribution in [0.1, 0.15) is 33.1 Å². The van der Waals surface area contributed by atoms with E-state index in [2.05, 4.69) is 5.32 Å². The van der Waals surface area contributed by atoms with Crippen LogP contribution in [0.2, 0.25) is 0 Å². The van der Waals surface area contributed by atoms with E-state index >= 15 is 0 Å². The summed E-state index contributed by atoms with van der Waals surface area (Å²) < 4.78 is 28.8. The molecule has 2 amide bonds. The van der Waals surface area contributed by atoms with Crippen LogP contribution in [0.5, 0.6) is 0 Å². The van der Waals surface area contributed by atoms with Gasteiger partial charge in [0.05, 0.1) is 19.0 Å². The fourth-order valence-electron chi connectivity index (χ4n) is 2.99. The number of nitrogens with zero attached hydrogens (tertiary/aromatic N) is 1. The summed E-state index contributed by atoms with van der Waals surface area (Å²) in [6.07, 6.45) is 3.41. The second-order valence-corrected chi connectivity index (χ2v) is 8.77. The minimum atomic E-state index is -3.08. The third kappa shape index (κ3) is 4.32. The Morgan fingerprint density at radius 3 is 2.71 bits per heavy atom. The zero-order valence-electron chi connectivity index (χ0n) is 12.9. The molecule has 1 saturated heterocycles. The Balaban J connectivity index is 1.89. The van der Waals surface area contributed by atoms with Gasteiger partial charge in [-0.25, -0.2) is 13.2 Å². The molecule has 1 aliphatic carbocycles. The number of hydrogen-bond acceptors (Lipinski definition) is 4. The van der Waals surface area contributed by atoms with Crippen LogP contribution >= 0.6 is 0 Å². The van der Waals surface area contributed by atoms with Gasteiger partial charge in [0.15, 0.2) is 9.84 Å². The normalized spacial score (nSPS) is 23.2. The summed E-state index contributed by atoms with van der Waals surface area (Å²) in [5.41, 5.74) is 0.132. The highest BCUT2D eigenvalue weighted by atomic mass is 32.2. The molecular weight excluding hydrogens is 292 g/mol. The highest BCUT2D eigenvalue weighted by molar-refractivity contribution is 7.91. The highest BCUT2D eigenvalue weighted by Gasteiger charge is 2.41. The molecule has 0 aromatic rings. The fraction of sp³-hybridized carbons (Fsp3) is 0.929. The molecule has 2 fully saturated rings. The Labute approximate surface area is 127 Å². The zero-order valence-corrected chi connectivity index (χ0v) is 13.7. The van der Waals surface area contributed by atoms with E-state index in [-0.39, 0.29) is 29.0 Å². The van der Waals surface area contributed by atoms with Crippen molar-refractivity contribution in [3.63, 3.8) is 0 Å². The molecule has 0 aromatic heterocycles. The summed E-state index contributed by atoms with van der Waals surface area (Å²) in [6, 6.07) is -0.547. The van der Waals surface area contributed by atoms with Crippen LogP contribution in [-0.2, 0) is 14.6 Å². The smallest absolute Gasteiger partial charge is 0.317 e. The van der Waals surface area contributed by atoms with Crippen LogP contribution in [0.15, 0.2) is 0 Å². The SMILES string of the molecule is CCS(=O)(=O)C[C@@H](C)NC(=O)N1CCOCC2(CCC2)C1.